The van der Waals surface area contributed by atoms with Gasteiger partial charge in [0, 0.05) is 18.2 Å². The number of halogens is 1. The smallest absolute Gasteiger partial charge is 0.260 e. The van der Waals surface area contributed by atoms with E-state index in [0.717, 1.165) is 18.4 Å². The van der Waals surface area contributed by atoms with E-state index in [1.54, 1.807) is 13.0 Å². The first-order chi connectivity index (χ1) is 9.99. The maximum absolute atomic E-state index is 12.1. The van der Waals surface area contributed by atoms with E-state index >= 15 is 0 Å². The largest absolute Gasteiger partial charge is 0.479 e. The molecule has 2 atom stereocenters. The Hall–Kier alpha value is -1.26. The monoisotopic (exact) mass is 312 g/mol. The molecule has 0 aromatic heterocycles. The highest BCUT2D eigenvalue weighted by molar-refractivity contribution is 6.32. The zero-order valence-electron chi connectivity index (χ0n) is 13.2. The molecule has 1 aromatic rings. The lowest BCUT2D eigenvalue weighted by Crippen LogP contribution is -2.41. The molecule has 5 heteroatoms. The molecule has 0 spiro atoms. The number of amides is 1. The summed E-state index contributed by atoms with van der Waals surface area (Å²) in [6.45, 7) is 6.46. The fraction of sp³-hybridized carbons (Fsp3) is 0.562. The van der Waals surface area contributed by atoms with Crippen molar-refractivity contribution in [1.82, 2.24) is 10.6 Å². The quantitative estimate of drug-likeness (QED) is 0.775. The van der Waals surface area contributed by atoms with Crippen LogP contribution in [0.2, 0.25) is 5.02 Å². The Morgan fingerprint density at radius 2 is 2.10 bits per heavy atom. The van der Waals surface area contributed by atoms with Gasteiger partial charge in [-0.15, -0.1) is 0 Å². The van der Waals surface area contributed by atoms with Crippen molar-refractivity contribution in [2.45, 2.75) is 52.3 Å². The summed E-state index contributed by atoms with van der Waals surface area (Å²) in [4.78, 5) is 12.1. The lowest BCUT2D eigenvalue weighted by Gasteiger charge is -2.20. The SMILES string of the molecule is CCCC(C)NC(=O)C(C)Oc1c(Cl)cccc1CNC. The van der Waals surface area contributed by atoms with E-state index in [1.807, 2.05) is 26.1 Å². The molecular weight excluding hydrogens is 288 g/mol. The van der Waals surface area contributed by atoms with E-state index in [-0.39, 0.29) is 11.9 Å². The van der Waals surface area contributed by atoms with Gasteiger partial charge in [0.25, 0.3) is 5.91 Å². The van der Waals surface area contributed by atoms with Gasteiger partial charge in [0.15, 0.2) is 6.10 Å². The van der Waals surface area contributed by atoms with Crippen LogP contribution in [0, 0.1) is 0 Å². The van der Waals surface area contributed by atoms with E-state index in [9.17, 15) is 4.79 Å². The van der Waals surface area contributed by atoms with Gasteiger partial charge in [-0.05, 0) is 33.4 Å². The Bertz CT molecular complexity index is 466. The molecule has 0 saturated heterocycles. The predicted octanol–water partition coefficient (Wildman–Crippen LogP) is 3.13. The van der Waals surface area contributed by atoms with Crippen molar-refractivity contribution in [1.29, 1.82) is 0 Å². The molecule has 2 N–H and O–H groups in total. The third-order valence-corrected chi connectivity index (χ3v) is 3.49. The summed E-state index contributed by atoms with van der Waals surface area (Å²) in [6, 6.07) is 5.72. The van der Waals surface area contributed by atoms with Gasteiger partial charge in [-0.1, -0.05) is 37.1 Å². The second-order valence-corrected chi connectivity index (χ2v) is 5.62. The highest BCUT2D eigenvalue weighted by atomic mass is 35.5. The fourth-order valence-electron chi connectivity index (χ4n) is 2.11. The van der Waals surface area contributed by atoms with Crippen molar-refractivity contribution in [3.8, 4) is 5.75 Å². The molecule has 1 rings (SSSR count). The zero-order chi connectivity index (χ0) is 15.8. The molecule has 0 fully saturated rings. The van der Waals surface area contributed by atoms with Crippen LogP contribution in [0.1, 0.15) is 39.2 Å². The second-order valence-electron chi connectivity index (χ2n) is 5.22. The van der Waals surface area contributed by atoms with Crippen LogP contribution in [0.3, 0.4) is 0 Å². The molecule has 0 saturated carbocycles. The van der Waals surface area contributed by atoms with Crippen LogP contribution in [0.15, 0.2) is 18.2 Å². The highest BCUT2D eigenvalue weighted by Crippen LogP contribution is 2.29. The Morgan fingerprint density at radius 1 is 1.38 bits per heavy atom. The molecule has 0 aliphatic heterocycles. The molecule has 0 aliphatic carbocycles. The second kappa shape index (κ2) is 8.90. The number of rotatable bonds is 8. The number of hydrogen-bond acceptors (Lipinski definition) is 3. The minimum Gasteiger partial charge on any atom is -0.479 e. The van der Waals surface area contributed by atoms with E-state index in [4.69, 9.17) is 16.3 Å². The summed E-state index contributed by atoms with van der Waals surface area (Å²) >= 11 is 6.18. The molecule has 0 heterocycles. The molecule has 21 heavy (non-hydrogen) atoms. The third-order valence-electron chi connectivity index (χ3n) is 3.19. The minimum absolute atomic E-state index is 0.119. The highest BCUT2D eigenvalue weighted by Gasteiger charge is 2.19. The van der Waals surface area contributed by atoms with Gasteiger partial charge in [-0.3, -0.25) is 4.79 Å². The number of carbonyl (C=O) groups is 1. The summed E-state index contributed by atoms with van der Waals surface area (Å²) in [7, 11) is 1.85. The van der Waals surface area contributed by atoms with Crippen molar-refractivity contribution in [2.24, 2.45) is 0 Å². The van der Waals surface area contributed by atoms with Crippen LogP contribution in [0.5, 0.6) is 5.75 Å². The number of hydrogen-bond donors (Lipinski definition) is 2. The van der Waals surface area contributed by atoms with Crippen molar-refractivity contribution >= 4 is 17.5 Å². The topological polar surface area (TPSA) is 50.4 Å². The molecule has 1 amide bonds. The molecule has 118 valence electrons. The van der Waals surface area contributed by atoms with E-state index in [2.05, 4.69) is 17.6 Å². The lowest BCUT2D eigenvalue weighted by atomic mass is 10.2. The molecule has 2 unspecified atom stereocenters. The van der Waals surface area contributed by atoms with Crippen LogP contribution in [-0.4, -0.2) is 25.1 Å². The van der Waals surface area contributed by atoms with E-state index in [0.29, 0.717) is 17.3 Å². The first kappa shape index (κ1) is 17.8. The summed E-state index contributed by atoms with van der Waals surface area (Å²) in [6.07, 6.45) is 1.41. The maximum Gasteiger partial charge on any atom is 0.260 e. The van der Waals surface area contributed by atoms with Crippen molar-refractivity contribution < 1.29 is 9.53 Å². The van der Waals surface area contributed by atoms with Crippen molar-refractivity contribution in [2.75, 3.05) is 7.05 Å². The van der Waals surface area contributed by atoms with E-state index in [1.165, 1.54) is 0 Å². The molecule has 0 aliphatic rings. The minimum atomic E-state index is -0.584. The molecule has 1 aromatic carbocycles. The van der Waals surface area contributed by atoms with Gasteiger partial charge in [0.1, 0.15) is 5.75 Å². The van der Waals surface area contributed by atoms with Crippen molar-refractivity contribution in [3.63, 3.8) is 0 Å². The Morgan fingerprint density at radius 3 is 2.71 bits per heavy atom. The van der Waals surface area contributed by atoms with Gasteiger partial charge < -0.3 is 15.4 Å². The van der Waals surface area contributed by atoms with E-state index < -0.39 is 6.10 Å². The average Bonchev–Trinajstić information content (AvgIpc) is 2.42. The Labute approximate surface area is 132 Å². The number of benzene rings is 1. The summed E-state index contributed by atoms with van der Waals surface area (Å²) in [5.41, 5.74) is 0.936. The maximum atomic E-state index is 12.1. The van der Waals surface area contributed by atoms with Crippen molar-refractivity contribution in [3.05, 3.63) is 28.8 Å². The summed E-state index contributed by atoms with van der Waals surface area (Å²) in [5.74, 6) is 0.450. The molecule has 0 bridgehead atoms. The normalized spacial score (nSPS) is 13.6. The zero-order valence-corrected chi connectivity index (χ0v) is 14.0. The van der Waals surface area contributed by atoms with Gasteiger partial charge in [0.2, 0.25) is 0 Å². The van der Waals surface area contributed by atoms with Crippen LogP contribution in [0.25, 0.3) is 0 Å². The Balaban J connectivity index is 2.74. The van der Waals surface area contributed by atoms with Crippen LogP contribution in [0.4, 0.5) is 0 Å². The number of nitrogens with one attached hydrogen (secondary N) is 2. The summed E-state index contributed by atoms with van der Waals surface area (Å²) in [5, 5.41) is 6.53. The Kier molecular flexibility index (Phi) is 7.54. The van der Waals surface area contributed by atoms with Gasteiger partial charge in [-0.2, -0.15) is 0 Å². The number of carbonyl (C=O) groups excluding carboxylic acids is 1. The third kappa shape index (κ3) is 5.56. The lowest BCUT2D eigenvalue weighted by molar-refractivity contribution is -0.127. The molecule has 4 nitrogen and oxygen atoms in total. The number of para-hydroxylation sites is 1. The molecular formula is C16H25ClN2O2. The summed E-state index contributed by atoms with van der Waals surface area (Å²) < 4.78 is 5.79. The van der Waals surface area contributed by atoms with Crippen LogP contribution in [-0.2, 0) is 11.3 Å². The van der Waals surface area contributed by atoms with Gasteiger partial charge in [0.05, 0.1) is 5.02 Å². The number of ether oxygens (including phenoxy) is 1. The average molecular weight is 313 g/mol. The van der Waals surface area contributed by atoms with Gasteiger partial charge in [-0.25, -0.2) is 0 Å². The van der Waals surface area contributed by atoms with Gasteiger partial charge >= 0.3 is 0 Å². The first-order valence-electron chi connectivity index (χ1n) is 7.38. The predicted molar refractivity (Wildman–Crippen MR) is 86.8 cm³/mol. The van der Waals surface area contributed by atoms with Crippen LogP contribution >= 0.6 is 11.6 Å². The first-order valence-corrected chi connectivity index (χ1v) is 7.76. The standard InChI is InChI=1S/C16H25ClN2O2/c1-5-7-11(2)19-16(20)12(3)21-15-13(10-18-4)8-6-9-14(15)17/h6,8-9,11-12,18H,5,7,10H2,1-4H3,(H,19,20). The molecule has 0 radical (unpaired) electrons. The van der Waals surface area contributed by atoms with Crippen LogP contribution < -0.4 is 15.4 Å². The fourth-order valence-corrected chi connectivity index (χ4v) is 2.35.